The summed E-state index contributed by atoms with van der Waals surface area (Å²) < 4.78 is 5.94. The molecule has 0 bridgehead atoms. The minimum Gasteiger partial charge on any atom is -0.480 e. The highest BCUT2D eigenvalue weighted by Gasteiger charge is 2.21. The van der Waals surface area contributed by atoms with E-state index >= 15 is 0 Å². The second kappa shape index (κ2) is 7.82. The van der Waals surface area contributed by atoms with E-state index in [1.807, 2.05) is 70.2 Å². The van der Waals surface area contributed by atoms with Crippen molar-refractivity contribution in [2.45, 2.75) is 46.3 Å². The van der Waals surface area contributed by atoms with Crippen LogP contribution in [0.25, 0.3) is 0 Å². The van der Waals surface area contributed by atoms with E-state index in [9.17, 15) is 4.79 Å². The van der Waals surface area contributed by atoms with Crippen LogP contribution >= 0.6 is 0 Å². The monoisotopic (exact) mass is 311 g/mol. The zero-order chi connectivity index (χ0) is 16.8. The summed E-state index contributed by atoms with van der Waals surface area (Å²) in [6.07, 6.45) is 0.142. The van der Waals surface area contributed by atoms with Crippen molar-refractivity contribution >= 4 is 5.91 Å². The number of hydrogen-bond donors (Lipinski definition) is 1. The molecule has 0 saturated carbocycles. The van der Waals surface area contributed by atoms with E-state index < -0.39 is 6.10 Å². The zero-order valence-electron chi connectivity index (χ0n) is 14.3. The summed E-state index contributed by atoms with van der Waals surface area (Å²) in [6.45, 7) is 7.99. The largest absolute Gasteiger partial charge is 0.480 e. The number of hydrogen-bond acceptors (Lipinski definition) is 2. The Bertz CT molecular complexity index is 652. The topological polar surface area (TPSA) is 38.3 Å². The van der Waals surface area contributed by atoms with E-state index in [1.54, 1.807) is 0 Å². The third kappa shape index (κ3) is 4.59. The number of rotatable bonds is 6. The SMILES string of the molecule is CCC(Oc1ccc(C)cc1C)C(=O)N[C@H](C)c1ccccc1. The van der Waals surface area contributed by atoms with Crippen molar-refractivity contribution < 1.29 is 9.53 Å². The highest BCUT2D eigenvalue weighted by atomic mass is 16.5. The first-order chi connectivity index (χ1) is 11.0. The summed E-state index contributed by atoms with van der Waals surface area (Å²) in [7, 11) is 0. The molecule has 0 fully saturated rings. The number of aryl methyl sites for hydroxylation is 2. The number of carbonyl (C=O) groups is 1. The quantitative estimate of drug-likeness (QED) is 0.862. The van der Waals surface area contributed by atoms with Crippen molar-refractivity contribution in [3.05, 3.63) is 65.2 Å². The van der Waals surface area contributed by atoms with Crippen LogP contribution in [0.5, 0.6) is 5.75 Å². The maximum Gasteiger partial charge on any atom is 0.261 e. The molecule has 3 nitrogen and oxygen atoms in total. The summed E-state index contributed by atoms with van der Waals surface area (Å²) >= 11 is 0. The Morgan fingerprint density at radius 1 is 1.13 bits per heavy atom. The molecule has 0 aliphatic carbocycles. The molecule has 122 valence electrons. The Kier molecular flexibility index (Phi) is 5.80. The molecule has 0 aliphatic heterocycles. The molecule has 0 aliphatic rings. The normalized spacial score (nSPS) is 13.2. The second-order valence-corrected chi connectivity index (χ2v) is 5.92. The first-order valence-corrected chi connectivity index (χ1v) is 8.10. The number of carbonyl (C=O) groups excluding carboxylic acids is 1. The van der Waals surface area contributed by atoms with Gasteiger partial charge in [-0.25, -0.2) is 0 Å². The molecule has 1 unspecified atom stereocenters. The predicted octanol–water partition coefficient (Wildman–Crippen LogP) is 4.34. The first-order valence-electron chi connectivity index (χ1n) is 8.10. The number of amides is 1. The Balaban J connectivity index is 2.03. The standard InChI is InChI=1S/C20H25NO2/c1-5-18(23-19-12-11-14(2)13-15(19)3)20(22)21-16(4)17-9-7-6-8-10-17/h6-13,16,18H,5H2,1-4H3,(H,21,22)/t16-,18?/m1/s1. The van der Waals surface area contributed by atoms with E-state index in [0.29, 0.717) is 6.42 Å². The van der Waals surface area contributed by atoms with Gasteiger partial charge in [-0.2, -0.15) is 0 Å². The minimum absolute atomic E-state index is 0.0412. The Morgan fingerprint density at radius 2 is 1.83 bits per heavy atom. The van der Waals surface area contributed by atoms with Crippen molar-refractivity contribution in [2.75, 3.05) is 0 Å². The number of ether oxygens (including phenoxy) is 1. The Hall–Kier alpha value is -2.29. The van der Waals surface area contributed by atoms with Crippen LogP contribution in [0, 0.1) is 13.8 Å². The maximum atomic E-state index is 12.5. The van der Waals surface area contributed by atoms with E-state index in [2.05, 4.69) is 11.4 Å². The lowest BCUT2D eigenvalue weighted by Gasteiger charge is -2.21. The van der Waals surface area contributed by atoms with E-state index in [1.165, 1.54) is 5.56 Å². The van der Waals surface area contributed by atoms with Gasteiger partial charge in [0.15, 0.2) is 6.10 Å². The van der Waals surface area contributed by atoms with Crippen LogP contribution in [0.15, 0.2) is 48.5 Å². The van der Waals surface area contributed by atoms with Gasteiger partial charge >= 0.3 is 0 Å². The van der Waals surface area contributed by atoms with Crippen molar-refractivity contribution in [2.24, 2.45) is 0 Å². The minimum atomic E-state index is -0.484. The lowest BCUT2D eigenvalue weighted by Crippen LogP contribution is -2.39. The van der Waals surface area contributed by atoms with Crippen LogP contribution in [0.1, 0.15) is 43.0 Å². The first kappa shape index (κ1) is 17.1. The van der Waals surface area contributed by atoms with Crippen LogP contribution < -0.4 is 10.1 Å². The molecule has 2 aromatic carbocycles. The molecule has 0 aromatic heterocycles. The number of benzene rings is 2. The van der Waals surface area contributed by atoms with Crippen molar-refractivity contribution in [3.63, 3.8) is 0 Å². The van der Waals surface area contributed by atoms with Crippen LogP contribution in [0.4, 0.5) is 0 Å². The van der Waals surface area contributed by atoms with E-state index in [-0.39, 0.29) is 11.9 Å². The van der Waals surface area contributed by atoms with E-state index in [0.717, 1.165) is 16.9 Å². The molecule has 23 heavy (non-hydrogen) atoms. The second-order valence-electron chi connectivity index (χ2n) is 5.92. The molecule has 3 heteroatoms. The van der Waals surface area contributed by atoms with Crippen molar-refractivity contribution in [1.82, 2.24) is 5.32 Å². The van der Waals surface area contributed by atoms with Crippen LogP contribution in [0.3, 0.4) is 0 Å². The van der Waals surface area contributed by atoms with Gasteiger partial charge in [0, 0.05) is 0 Å². The predicted molar refractivity (Wildman–Crippen MR) is 93.6 cm³/mol. The molecular weight excluding hydrogens is 286 g/mol. The molecule has 0 spiro atoms. The van der Waals surface area contributed by atoms with Gasteiger partial charge in [0.25, 0.3) is 5.91 Å². The molecule has 2 atom stereocenters. The average molecular weight is 311 g/mol. The fraction of sp³-hybridized carbons (Fsp3) is 0.350. The third-order valence-corrected chi connectivity index (χ3v) is 3.92. The van der Waals surface area contributed by atoms with Gasteiger partial charge in [0.2, 0.25) is 0 Å². The van der Waals surface area contributed by atoms with Crippen molar-refractivity contribution in [3.8, 4) is 5.75 Å². The molecule has 2 aromatic rings. The molecule has 0 heterocycles. The molecule has 2 rings (SSSR count). The molecule has 0 radical (unpaired) electrons. The van der Waals surface area contributed by atoms with Crippen LogP contribution in [0.2, 0.25) is 0 Å². The van der Waals surface area contributed by atoms with Crippen LogP contribution in [-0.2, 0) is 4.79 Å². The van der Waals surface area contributed by atoms with Gasteiger partial charge in [-0.1, -0.05) is 55.0 Å². The van der Waals surface area contributed by atoms with Gasteiger partial charge in [-0.3, -0.25) is 4.79 Å². The smallest absolute Gasteiger partial charge is 0.261 e. The molecular formula is C20H25NO2. The Labute approximate surface area is 138 Å². The van der Waals surface area contributed by atoms with Gasteiger partial charge in [0.1, 0.15) is 5.75 Å². The van der Waals surface area contributed by atoms with Gasteiger partial charge in [0.05, 0.1) is 6.04 Å². The lowest BCUT2D eigenvalue weighted by atomic mass is 10.1. The molecule has 1 N–H and O–H groups in total. The number of nitrogens with one attached hydrogen (secondary N) is 1. The van der Waals surface area contributed by atoms with Crippen LogP contribution in [-0.4, -0.2) is 12.0 Å². The van der Waals surface area contributed by atoms with Gasteiger partial charge in [-0.15, -0.1) is 0 Å². The summed E-state index contributed by atoms with van der Waals surface area (Å²) in [4.78, 5) is 12.5. The van der Waals surface area contributed by atoms with E-state index in [4.69, 9.17) is 4.74 Å². The molecule has 0 saturated heterocycles. The van der Waals surface area contributed by atoms with Gasteiger partial charge in [-0.05, 0) is 44.4 Å². The summed E-state index contributed by atoms with van der Waals surface area (Å²) in [5.74, 6) is 0.689. The van der Waals surface area contributed by atoms with Crippen molar-refractivity contribution in [1.29, 1.82) is 0 Å². The highest BCUT2D eigenvalue weighted by Crippen LogP contribution is 2.21. The fourth-order valence-corrected chi connectivity index (χ4v) is 2.54. The fourth-order valence-electron chi connectivity index (χ4n) is 2.54. The lowest BCUT2D eigenvalue weighted by molar-refractivity contribution is -0.128. The maximum absolute atomic E-state index is 12.5. The third-order valence-electron chi connectivity index (χ3n) is 3.92. The summed E-state index contributed by atoms with van der Waals surface area (Å²) in [6, 6.07) is 15.9. The zero-order valence-corrected chi connectivity index (χ0v) is 14.3. The average Bonchev–Trinajstić information content (AvgIpc) is 2.54. The summed E-state index contributed by atoms with van der Waals surface area (Å²) in [5, 5.41) is 3.03. The summed E-state index contributed by atoms with van der Waals surface area (Å²) in [5.41, 5.74) is 3.32. The highest BCUT2D eigenvalue weighted by molar-refractivity contribution is 5.81. The van der Waals surface area contributed by atoms with Gasteiger partial charge < -0.3 is 10.1 Å². The molecule has 1 amide bonds. The Morgan fingerprint density at radius 3 is 2.43 bits per heavy atom.